The highest BCUT2D eigenvalue weighted by Gasteiger charge is 2.10. The molecule has 1 unspecified atom stereocenters. The van der Waals surface area contributed by atoms with Crippen molar-refractivity contribution in [1.29, 1.82) is 0 Å². The van der Waals surface area contributed by atoms with Gasteiger partial charge in [0.25, 0.3) is 5.56 Å². The Labute approximate surface area is 121 Å². The highest BCUT2D eigenvalue weighted by atomic mass is 16.5. The molecule has 0 spiro atoms. The molecule has 21 heavy (non-hydrogen) atoms. The van der Waals surface area contributed by atoms with Gasteiger partial charge in [-0.05, 0) is 19.1 Å². The van der Waals surface area contributed by atoms with Gasteiger partial charge in [-0.1, -0.05) is 12.1 Å². The first kappa shape index (κ1) is 13.4. The summed E-state index contributed by atoms with van der Waals surface area (Å²) in [4.78, 5) is 16.5. The first-order chi connectivity index (χ1) is 10.1. The van der Waals surface area contributed by atoms with Crippen LogP contribution in [0.25, 0.3) is 16.9 Å². The Morgan fingerprint density at radius 3 is 2.86 bits per heavy atom. The van der Waals surface area contributed by atoms with E-state index in [-0.39, 0.29) is 11.6 Å². The molecule has 6 heteroatoms. The van der Waals surface area contributed by atoms with Gasteiger partial charge in [0.15, 0.2) is 5.65 Å². The van der Waals surface area contributed by atoms with Gasteiger partial charge in [0.05, 0.1) is 18.5 Å². The Morgan fingerprint density at radius 1 is 1.33 bits per heavy atom. The zero-order chi connectivity index (χ0) is 15.0. The van der Waals surface area contributed by atoms with E-state index in [1.54, 1.807) is 14.0 Å². The molecule has 0 aliphatic carbocycles. The summed E-state index contributed by atoms with van der Waals surface area (Å²) < 4.78 is 6.61. The van der Waals surface area contributed by atoms with Crippen LogP contribution >= 0.6 is 0 Å². The van der Waals surface area contributed by atoms with Crippen molar-refractivity contribution in [2.45, 2.75) is 13.0 Å². The lowest BCUT2D eigenvalue weighted by Gasteiger charge is -2.03. The van der Waals surface area contributed by atoms with Gasteiger partial charge in [-0.15, -0.1) is 0 Å². The van der Waals surface area contributed by atoms with Crippen molar-refractivity contribution in [1.82, 2.24) is 14.6 Å². The Kier molecular flexibility index (Phi) is 3.23. The summed E-state index contributed by atoms with van der Waals surface area (Å²) in [5, 5.41) is 3.04. The van der Waals surface area contributed by atoms with E-state index < -0.39 is 0 Å². The SMILES string of the molecule is COc1cccc(-c2cc3nc(C(C)N)cc(=O)n3[nH]2)c1. The number of aromatic amines is 1. The van der Waals surface area contributed by atoms with E-state index >= 15 is 0 Å². The van der Waals surface area contributed by atoms with Crippen LogP contribution in [0.5, 0.6) is 5.75 Å². The third-order valence-corrected chi connectivity index (χ3v) is 3.32. The standard InChI is InChI=1S/C15H16N4O2/c1-9(16)12-8-15(20)19-14(17-12)7-13(18-19)10-4-3-5-11(6-10)21-2/h3-9,18H,16H2,1-2H3. The lowest BCUT2D eigenvalue weighted by Crippen LogP contribution is -2.18. The number of benzene rings is 1. The van der Waals surface area contributed by atoms with Crippen LogP contribution in [0.4, 0.5) is 0 Å². The summed E-state index contributed by atoms with van der Waals surface area (Å²) >= 11 is 0. The van der Waals surface area contributed by atoms with Gasteiger partial charge in [-0.25, -0.2) is 9.50 Å². The van der Waals surface area contributed by atoms with Crippen molar-refractivity contribution in [3.8, 4) is 17.0 Å². The van der Waals surface area contributed by atoms with Crippen LogP contribution in [0.3, 0.4) is 0 Å². The summed E-state index contributed by atoms with van der Waals surface area (Å²) in [5.41, 5.74) is 8.45. The van der Waals surface area contributed by atoms with Crippen LogP contribution < -0.4 is 16.0 Å². The molecule has 2 aromatic heterocycles. The maximum atomic E-state index is 12.1. The van der Waals surface area contributed by atoms with Crippen molar-refractivity contribution in [2.75, 3.05) is 7.11 Å². The monoisotopic (exact) mass is 284 g/mol. The van der Waals surface area contributed by atoms with E-state index in [1.165, 1.54) is 10.6 Å². The maximum Gasteiger partial charge on any atom is 0.272 e. The molecule has 0 aliphatic rings. The maximum absolute atomic E-state index is 12.1. The minimum absolute atomic E-state index is 0.179. The summed E-state index contributed by atoms with van der Waals surface area (Å²) in [7, 11) is 1.62. The average molecular weight is 284 g/mol. The number of fused-ring (bicyclic) bond motifs is 1. The van der Waals surface area contributed by atoms with Gasteiger partial charge in [0.1, 0.15) is 5.75 Å². The van der Waals surface area contributed by atoms with Gasteiger partial charge >= 0.3 is 0 Å². The zero-order valence-electron chi connectivity index (χ0n) is 11.8. The van der Waals surface area contributed by atoms with Crippen molar-refractivity contribution in [3.05, 3.63) is 52.4 Å². The third-order valence-electron chi connectivity index (χ3n) is 3.32. The minimum Gasteiger partial charge on any atom is -0.497 e. The quantitative estimate of drug-likeness (QED) is 0.766. The van der Waals surface area contributed by atoms with Crippen LogP contribution in [-0.4, -0.2) is 21.7 Å². The lowest BCUT2D eigenvalue weighted by atomic mass is 10.1. The molecule has 0 fully saturated rings. The highest BCUT2D eigenvalue weighted by molar-refractivity contribution is 5.65. The second-order valence-corrected chi connectivity index (χ2v) is 4.90. The van der Waals surface area contributed by atoms with Gasteiger partial charge in [-0.3, -0.25) is 9.89 Å². The number of nitrogens with one attached hydrogen (secondary N) is 1. The largest absolute Gasteiger partial charge is 0.497 e. The Balaban J connectivity index is 2.16. The number of ether oxygens (including phenoxy) is 1. The van der Waals surface area contributed by atoms with Crippen LogP contribution in [0.2, 0.25) is 0 Å². The Bertz CT molecular complexity index is 848. The van der Waals surface area contributed by atoms with E-state index in [4.69, 9.17) is 10.5 Å². The second-order valence-electron chi connectivity index (χ2n) is 4.90. The van der Waals surface area contributed by atoms with Crippen LogP contribution in [0.1, 0.15) is 18.7 Å². The van der Waals surface area contributed by atoms with Gasteiger partial charge < -0.3 is 10.5 Å². The molecule has 0 bridgehead atoms. The molecule has 108 valence electrons. The van der Waals surface area contributed by atoms with Crippen molar-refractivity contribution >= 4 is 5.65 Å². The Hall–Kier alpha value is -2.60. The van der Waals surface area contributed by atoms with E-state index in [1.807, 2.05) is 30.3 Å². The van der Waals surface area contributed by atoms with Crippen molar-refractivity contribution in [2.24, 2.45) is 5.73 Å². The normalized spacial score (nSPS) is 12.5. The molecule has 1 atom stereocenters. The van der Waals surface area contributed by atoms with Crippen LogP contribution in [0.15, 0.2) is 41.2 Å². The molecule has 0 aliphatic heterocycles. The summed E-state index contributed by atoms with van der Waals surface area (Å²) in [6.45, 7) is 1.80. The molecule has 0 saturated carbocycles. The molecule has 2 heterocycles. The highest BCUT2D eigenvalue weighted by Crippen LogP contribution is 2.23. The zero-order valence-corrected chi connectivity index (χ0v) is 11.8. The van der Waals surface area contributed by atoms with E-state index in [0.29, 0.717) is 11.3 Å². The number of methoxy groups -OCH3 is 1. The number of aromatic nitrogens is 3. The van der Waals surface area contributed by atoms with Gasteiger partial charge in [0, 0.05) is 23.7 Å². The molecular weight excluding hydrogens is 268 g/mol. The molecule has 0 radical (unpaired) electrons. The van der Waals surface area contributed by atoms with Crippen molar-refractivity contribution in [3.63, 3.8) is 0 Å². The Morgan fingerprint density at radius 2 is 2.14 bits per heavy atom. The van der Waals surface area contributed by atoms with Crippen molar-refractivity contribution < 1.29 is 4.74 Å². The first-order valence-corrected chi connectivity index (χ1v) is 6.61. The van der Waals surface area contributed by atoms with E-state index in [2.05, 4.69) is 10.1 Å². The number of nitrogens with two attached hydrogens (primary N) is 1. The number of hydrogen-bond acceptors (Lipinski definition) is 4. The van der Waals surface area contributed by atoms with Crippen LogP contribution in [-0.2, 0) is 0 Å². The fourth-order valence-corrected chi connectivity index (χ4v) is 2.18. The van der Waals surface area contributed by atoms with Crippen LogP contribution in [0, 0.1) is 0 Å². The number of H-pyrrole nitrogens is 1. The predicted molar refractivity (Wildman–Crippen MR) is 80.4 cm³/mol. The summed E-state index contributed by atoms with van der Waals surface area (Å²) in [6, 6.07) is 10.6. The lowest BCUT2D eigenvalue weighted by molar-refractivity contribution is 0.415. The predicted octanol–water partition coefficient (Wildman–Crippen LogP) is 1.72. The van der Waals surface area contributed by atoms with Gasteiger partial charge in [-0.2, -0.15) is 0 Å². The minimum atomic E-state index is -0.280. The summed E-state index contributed by atoms with van der Waals surface area (Å²) in [5.74, 6) is 0.753. The number of hydrogen-bond donors (Lipinski definition) is 2. The molecule has 0 saturated heterocycles. The van der Waals surface area contributed by atoms with E-state index in [9.17, 15) is 4.79 Å². The smallest absolute Gasteiger partial charge is 0.272 e. The molecule has 1 aromatic carbocycles. The van der Waals surface area contributed by atoms with E-state index in [0.717, 1.165) is 17.0 Å². The third kappa shape index (κ3) is 2.41. The molecule has 6 nitrogen and oxygen atoms in total. The fourth-order valence-electron chi connectivity index (χ4n) is 2.18. The molecule has 3 rings (SSSR count). The number of nitrogens with zero attached hydrogens (tertiary/aromatic N) is 2. The summed E-state index contributed by atoms with van der Waals surface area (Å²) in [6.07, 6.45) is 0. The molecule has 0 amide bonds. The molecular formula is C15H16N4O2. The average Bonchev–Trinajstić information content (AvgIpc) is 2.92. The van der Waals surface area contributed by atoms with Gasteiger partial charge in [0.2, 0.25) is 0 Å². The molecule has 3 N–H and O–H groups in total. The topological polar surface area (TPSA) is 85.4 Å². The second kappa shape index (κ2) is 5.06. The molecule has 3 aromatic rings. The number of rotatable bonds is 3. The fraction of sp³-hybridized carbons (Fsp3) is 0.200. The first-order valence-electron chi connectivity index (χ1n) is 6.61.